The number of para-hydroxylation sites is 1. The zero-order valence-electron chi connectivity index (χ0n) is 32.9. The average Bonchev–Trinajstić information content (AvgIpc) is 3.99. The average molecular weight is 827 g/mol. The lowest BCUT2D eigenvalue weighted by molar-refractivity contribution is -0.134. The highest BCUT2D eigenvalue weighted by molar-refractivity contribution is 6.33. The van der Waals surface area contributed by atoms with E-state index in [9.17, 15) is 14.4 Å². The number of rotatable bonds is 7. The van der Waals surface area contributed by atoms with Gasteiger partial charge >= 0.3 is 5.92 Å². The highest BCUT2D eigenvalue weighted by Crippen LogP contribution is 2.49. The van der Waals surface area contributed by atoms with Crippen molar-refractivity contribution >= 4 is 74.0 Å². The van der Waals surface area contributed by atoms with Gasteiger partial charge in [0.15, 0.2) is 12.4 Å². The molecule has 4 fully saturated rings. The van der Waals surface area contributed by atoms with E-state index in [1.54, 1.807) is 31.4 Å². The summed E-state index contributed by atoms with van der Waals surface area (Å²) in [5.41, 5.74) is 3.73. The first-order valence-electron chi connectivity index (χ1n) is 20.3. The monoisotopic (exact) mass is 826 g/mol. The largest absolute Gasteiger partial charge is 0.480 e. The van der Waals surface area contributed by atoms with Gasteiger partial charge in [0, 0.05) is 61.5 Å². The molecule has 17 heteroatoms. The van der Waals surface area contributed by atoms with Gasteiger partial charge in [-0.25, -0.2) is 13.8 Å². The Bertz CT molecular complexity index is 2620. The fourth-order valence-electron chi connectivity index (χ4n) is 9.99. The fraction of sp³-hybridized carbons (Fsp3) is 0.476. The van der Waals surface area contributed by atoms with Crippen LogP contribution in [0.2, 0.25) is 5.02 Å². The molecule has 0 bridgehead atoms. The van der Waals surface area contributed by atoms with Crippen molar-refractivity contribution in [1.82, 2.24) is 29.6 Å². The number of pyridine rings is 1. The number of aryl methyl sites for hydroxylation is 2. The normalized spacial score (nSPS) is 24.8. The Morgan fingerprint density at radius 2 is 1.85 bits per heavy atom. The molecule has 5 aromatic rings. The summed E-state index contributed by atoms with van der Waals surface area (Å²) in [6, 6.07) is 10.5. The number of nitrogens with one attached hydrogen (secondary N) is 4. The molecule has 4 N–H and O–H groups in total. The van der Waals surface area contributed by atoms with Crippen molar-refractivity contribution in [2.45, 2.75) is 75.8 Å². The molecule has 59 heavy (non-hydrogen) atoms. The van der Waals surface area contributed by atoms with Crippen LogP contribution in [0.25, 0.3) is 21.8 Å². The molecule has 2 saturated carbocycles. The third kappa shape index (κ3) is 6.50. The van der Waals surface area contributed by atoms with Gasteiger partial charge < -0.3 is 30.2 Å². The quantitative estimate of drug-likeness (QED) is 0.134. The molecule has 10 rings (SSSR count). The standard InChI is InChI=1S/C42H45ClF2N10O4/c1-21-16-41(14-13-28(21)48-29-6-4-5-24-32(52-54(3)34(24)29)25-10-12-31(56)49-38(25)57)18-55(19-41)40-46-17-27(43)37(51-40)47-23-9-11-30-26(15-23)33-35(39(58)53(30)2)59-20-42(44,45)36(50-33)22-7-8-22/h4-6,9,11,15,17,21-22,25,28,36,48,50H,7-8,10,12-14,16,18-20H2,1-3H3,(H,46,47,51)(H,49,56,57)/t21-,25?,28+,36-/m0/s1. The third-order valence-electron chi connectivity index (χ3n) is 13.2. The van der Waals surface area contributed by atoms with Crippen LogP contribution in [0.3, 0.4) is 0 Å². The van der Waals surface area contributed by atoms with Crippen LogP contribution < -0.4 is 36.5 Å². The van der Waals surface area contributed by atoms with Crippen molar-refractivity contribution in [1.29, 1.82) is 0 Å². The van der Waals surface area contributed by atoms with E-state index in [0.717, 1.165) is 48.9 Å². The van der Waals surface area contributed by atoms with Crippen molar-refractivity contribution < 1.29 is 23.1 Å². The topological polar surface area (TPSA) is 160 Å². The number of hydrogen-bond acceptors (Lipinski definition) is 11. The number of benzene rings is 2. The second-order valence-electron chi connectivity index (χ2n) is 17.3. The van der Waals surface area contributed by atoms with E-state index in [4.69, 9.17) is 26.4 Å². The third-order valence-corrected chi connectivity index (χ3v) is 13.4. The lowest BCUT2D eigenvalue weighted by Crippen LogP contribution is -2.60. The summed E-state index contributed by atoms with van der Waals surface area (Å²) in [4.78, 5) is 49.3. The summed E-state index contributed by atoms with van der Waals surface area (Å²) in [6.45, 7) is 3.05. The molecular formula is C42H45ClF2N10O4. The van der Waals surface area contributed by atoms with E-state index in [-0.39, 0.29) is 40.6 Å². The van der Waals surface area contributed by atoms with Crippen LogP contribution in [0.4, 0.5) is 37.6 Å². The Balaban J connectivity index is 0.831. The lowest BCUT2D eigenvalue weighted by atomic mass is 9.64. The fourth-order valence-corrected chi connectivity index (χ4v) is 10.1. The van der Waals surface area contributed by atoms with Crippen LogP contribution in [0, 0.1) is 17.3 Å². The van der Waals surface area contributed by atoms with Crippen LogP contribution in [-0.4, -0.2) is 73.8 Å². The maximum absolute atomic E-state index is 15.2. The van der Waals surface area contributed by atoms with Gasteiger partial charge in [-0.3, -0.25) is 24.4 Å². The number of anilines is 5. The molecule has 5 aliphatic rings. The zero-order valence-corrected chi connectivity index (χ0v) is 33.7. The van der Waals surface area contributed by atoms with Gasteiger partial charge in [-0.05, 0) is 74.6 Å². The minimum absolute atomic E-state index is 0.112. The molecule has 6 heterocycles. The van der Waals surface area contributed by atoms with Crippen LogP contribution in [-0.2, 0) is 23.7 Å². The van der Waals surface area contributed by atoms with Gasteiger partial charge in [0.1, 0.15) is 5.02 Å². The molecule has 0 radical (unpaired) electrons. The molecule has 14 nitrogen and oxygen atoms in total. The maximum atomic E-state index is 15.2. The van der Waals surface area contributed by atoms with Crippen LogP contribution >= 0.6 is 11.6 Å². The summed E-state index contributed by atoms with van der Waals surface area (Å²) in [6.07, 6.45) is 6.76. The van der Waals surface area contributed by atoms with E-state index in [1.165, 1.54) is 4.57 Å². The number of hydrogen-bond donors (Lipinski definition) is 4. The van der Waals surface area contributed by atoms with Crippen molar-refractivity contribution in [3.63, 3.8) is 0 Å². The number of carbonyl (C=O) groups excluding carboxylic acids is 2. The SMILES string of the molecule is C[C@H]1CC2(CC[C@H]1Nc1cccc3c(C4CCC(=O)NC4=O)nn(C)c13)CN(c1ncc(Cl)c(Nc3ccc4c(c3)c3c(c(=O)n4C)OCC(F)(F)[C@H](C4CC4)N3)n1)C2. The Kier molecular flexibility index (Phi) is 8.82. The Morgan fingerprint density at radius 3 is 2.61 bits per heavy atom. The molecule has 3 aliphatic heterocycles. The van der Waals surface area contributed by atoms with Crippen molar-refractivity contribution in [3.05, 3.63) is 63.7 Å². The molecule has 2 aromatic carbocycles. The molecule has 308 valence electrons. The van der Waals surface area contributed by atoms with Crippen LogP contribution in [0.1, 0.15) is 63.5 Å². The minimum Gasteiger partial charge on any atom is -0.480 e. The molecule has 1 unspecified atom stereocenters. The summed E-state index contributed by atoms with van der Waals surface area (Å²) in [5.74, 6) is -3.09. The minimum atomic E-state index is -3.13. The van der Waals surface area contributed by atoms with Gasteiger partial charge in [0.2, 0.25) is 23.5 Å². The number of nitrogens with zero attached hydrogens (tertiary/aromatic N) is 6. The van der Waals surface area contributed by atoms with Crippen molar-refractivity contribution in [2.75, 3.05) is 40.5 Å². The highest BCUT2D eigenvalue weighted by atomic mass is 35.5. The molecule has 2 aliphatic carbocycles. The molecule has 2 saturated heterocycles. The van der Waals surface area contributed by atoms with Gasteiger partial charge in [-0.1, -0.05) is 30.7 Å². The Labute approximate surface area is 343 Å². The second-order valence-corrected chi connectivity index (χ2v) is 17.7. The predicted octanol–water partition coefficient (Wildman–Crippen LogP) is 6.46. The Hall–Kier alpha value is -5.51. The lowest BCUT2D eigenvalue weighted by Gasteiger charge is -2.55. The number of fused-ring (bicyclic) bond motifs is 4. The summed E-state index contributed by atoms with van der Waals surface area (Å²) >= 11 is 6.64. The van der Waals surface area contributed by atoms with E-state index in [0.29, 0.717) is 70.7 Å². The Morgan fingerprint density at radius 1 is 1.03 bits per heavy atom. The number of alkyl halides is 2. The number of ether oxygens (including phenoxy) is 1. The highest BCUT2D eigenvalue weighted by Gasteiger charge is 2.51. The van der Waals surface area contributed by atoms with E-state index < -0.39 is 30.0 Å². The molecule has 1 spiro atoms. The van der Waals surface area contributed by atoms with Crippen LogP contribution in [0.15, 0.2) is 47.4 Å². The molecule has 3 aromatic heterocycles. The van der Waals surface area contributed by atoms with Crippen molar-refractivity contribution in [3.8, 4) is 5.75 Å². The summed E-state index contributed by atoms with van der Waals surface area (Å²) < 4.78 is 39.1. The van der Waals surface area contributed by atoms with Crippen LogP contribution in [0.5, 0.6) is 5.75 Å². The zero-order chi connectivity index (χ0) is 41.0. The first-order valence-corrected chi connectivity index (χ1v) is 20.7. The first-order chi connectivity index (χ1) is 28.3. The van der Waals surface area contributed by atoms with Gasteiger partial charge in [0.25, 0.3) is 5.56 Å². The first kappa shape index (κ1) is 37.7. The summed E-state index contributed by atoms with van der Waals surface area (Å²) in [7, 11) is 3.50. The van der Waals surface area contributed by atoms with E-state index in [2.05, 4.69) is 44.1 Å². The van der Waals surface area contributed by atoms with E-state index in [1.807, 2.05) is 23.9 Å². The summed E-state index contributed by atoms with van der Waals surface area (Å²) in [5, 5.41) is 19.2. The maximum Gasteiger partial charge on any atom is 0.301 e. The number of imide groups is 1. The number of carbonyl (C=O) groups is 2. The molecule has 4 atom stereocenters. The van der Waals surface area contributed by atoms with Gasteiger partial charge in [-0.15, -0.1) is 0 Å². The smallest absolute Gasteiger partial charge is 0.301 e. The predicted molar refractivity (Wildman–Crippen MR) is 221 cm³/mol. The second kappa shape index (κ2) is 13.8. The number of aromatic nitrogens is 5. The molecular weight excluding hydrogens is 782 g/mol. The number of piperidine rings is 1. The van der Waals surface area contributed by atoms with Gasteiger partial charge in [-0.2, -0.15) is 10.1 Å². The number of halogens is 3. The molecule has 2 amide bonds. The van der Waals surface area contributed by atoms with Crippen molar-refractivity contribution in [2.24, 2.45) is 31.3 Å². The van der Waals surface area contributed by atoms with E-state index >= 15 is 8.78 Å². The van der Waals surface area contributed by atoms with Gasteiger partial charge in [0.05, 0.1) is 46.3 Å². The number of amides is 2.